The van der Waals surface area contributed by atoms with E-state index in [1.807, 2.05) is 19.1 Å². The summed E-state index contributed by atoms with van der Waals surface area (Å²) in [6.45, 7) is 3.62. The SMILES string of the molecule is Cc1ccc(CN2CCCC2CC(=O)O)o1. The predicted molar refractivity (Wildman–Crippen MR) is 59.1 cm³/mol. The van der Waals surface area contributed by atoms with Gasteiger partial charge >= 0.3 is 5.97 Å². The Morgan fingerprint density at radius 1 is 1.62 bits per heavy atom. The molecule has 2 heterocycles. The van der Waals surface area contributed by atoms with Gasteiger partial charge in [0, 0.05) is 6.04 Å². The van der Waals surface area contributed by atoms with Gasteiger partial charge in [-0.25, -0.2) is 0 Å². The monoisotopic (exact) mass is 223 g/mol. The largest absolute Gasteiger partial charge is 0.481 e. The smallest absolute Gasteiger partial charge is 0.304 e. The summed E-state index contributed by atoms with van der Waals surface area (Å²) in [6.07, 6.45) is 2.29. The molecule has 16 heavy (non-hydrogen) atoms. The maximum Gasteiger partial charge on any atom is 0.304 e. The standard InChI is InChI=1S/C12H17NO3/c1-9-4-5-11(16-9)8-13-6-2-3-10(13)7-12(14)15/h4-5,10H,2-3,6-8H2,1H3,(H,14,15). The zero-order valence-electron chi connectivity index (χ0n) is 9.48. The Balaban J connectivity index is 1.95. The molecule has 88 valence electrons. The first-order chi connectivity index (χ1) is 7.65. The molecular weight excluding hydrogens is 206 g/mol. The minimum atomic E-state index is -0.715. The van der Waals surface area contributed by atoms with E-state index < -0.39 is 5.97 Å². The highest BCUT2D eigenvalue weighted by Crippen LogP contribution is 2.23. The van der Waals surface area contributed by atoms with Gasteiger partial charge in [0.05, 0.1) is 13.0 Å². The van der Waals surface area contributed by atoms with Crippen molar-refractivity contribution in [2.24, 2.45) is 0 Å². The molecule has 0 amide bonds. The third kappa shape index (κ3) is 2.64. The second kappa shape index (κ2) is 4.70. The third-order valence-corrected chi connectivity index (χ3v) is 3.06. The van der Waals surface area contributed by atoms with Gasteiger partial charge in [0.15, 0.2) is 0 Å². The van der Waals surface area contributed by atoms with Crippen molar-refractivity contribution in [1.82, 2.24) is 4.90 Å². The second-order valence-electron chi connectivity index (χ2n) is 4.38. The van der Waals surface area contributed by atoms with Crippen molar-refractivity contribution in [3.05, 3.63) is 23.7 Å². The number of furan rings is 1. The Bertz CT molecular complexity index is 372. The van der Waals surface area contributed by atoms with Gasteiger partial charge in [0.1, 0.15) is 11.5 Å². The second-order valence-corrected chi connectivity index (χ2v) is 4.38. The lowest BCUT2D eigenvalue weighted by atomic mass is 10.1. The lowest BCUT2D eigenvalue weighted by molar-refractivity contribution is -0.138. The van der Waals surface area contributed by atoms with Crippen LogP contribution in [0, 0.1) is 6.92 Å². The van der Waals surface area contributed by atoms with Crippen LogP contribution in [0.15, 0.2) is 16.5 Å². The molecule has 1 aromatic rings. The number of aryl methyl sites for hydroxylation is 1. The molecule has 1 N–H and O–H groups in total. The quantitative estimate of drug-likeness (QED) is 0.848. The van der Waals surface area contributed by atoms with E-state index in [2.05, 4.69) is 4.90 Å². The van der Waals surface area contributed by atoms with Crippen molar-refractivity contribution in [3.63, 3.8) is 0 Å². The van der Waals surface area contributed by atoms with Gasteiger partial charge in [-0.15, -0.1) is 0 Å². The summed E-state index contributed by atoms with van der Waals surface area (Å²) in [7, 11) is 0. The summed E-state index contributed by atoms with van der Waals surface area (Å²) in [6, 6.07) is 4.08. The number of rotatable bonds is 4. The van der Waals surface area contributed by atoms with Crippen LogP contribution in [0.4, 0.5) is 0 Å². The molecule has 1 unspecified atom stereocenters. The van der Waals surface area contributed by atoms with Crippen LogP contribution in [0.25, 0.3) is 0 Å². The molecule has 4 nitrogen and oxygen atoms in total. The minimum Gasteiger partial charge on any atom is -0.481 e. The molecule has 0 bridgehead atoms. The molecule has 0 aromatic carbocycles. The van der Waals surface area contributed by atoms with Crippen molar-refractivity contribution >= 4 is 5.97 Å². The number of carboxylic acid groups (broad SMARTS) is 1. The maximum atomic E-state index is 10.7. The van der Waals surface area contributed by atoms with Crippen LogP contribution >= 0.6 is 0 Å². The van der Waals surface area contributed by atoms with Crippen LogP contribution in [-0.2, 0) is 11.3 Å². The van der Waals surface area contributed by atoms with E-state index in [9.17, 15) is 4.79 Å². The first-order valence-electron chi connectivity index (χ1n) is 5.66. The van der Waals surface area contributed by atoms with E-state index in [4.69, 9.17) is 9.52 Å². The highest BCUT2D eigenvalue weighted by Gasteiger charge is 2.27. The Labute approximate surface area is 94.9 Å². The zero-order chi connectivity index (χ0) is 11.5. The van der Waals surface area contributed by atoms with Crippen LogP contribution in [0.2, 0.25) is 0 Å². The average molecular weight is 223 g/mol. The molecule has 1 saturated heterocycles. The number of likely N-dealkylation sites (tertiary alicyclic amines) is 1. The van der Waals surface area contributed by atoms with E-state index in [0.29, 0.717) is 0 Å². The van der Waals surface area contributed by atoms with E-state index in [1.54, 1.807) is 0 Å². The van der Waals surface area contributed by atoms with Gasteiger partial charge < -0.3 is 9.52 Å². The van der Waals surface area contributed by atoms with Crippen LogP contribution in [0.1, 0.15) is 30.8 Å². The van der Waals surface area contributed by atoms with Crippen molar-refractivity contribution in [2.45, 2.75) is 38.8 Å². The molecule has 4 heteroatoms. The molecular formula is C12H17NO3. The normalized spacial score (nSPS) is 21.4. The maximum absolute atomic E-state index is 10.7. The van der Waals surface area contributed by atoms with Gasteiger partial charge in [-0.2, -0.15) is 0 Å². The molecule has 1 aliphatic rings. The number of carbonyl (C=O) groups is 1. The lowest BCUT2D eigenvalue weighted by Crippen LogP contribution is -2.30. The van der Waals surface area contributed by atoms with Crippen molar-refractivity contribution in [3.8, 4) is 0 Å². The fourth-order valence-electron chi connectivity index (χ4n) is 2.31. The van der Waals surface area contributed by atoms with Crippen LogP contribution < -0.4 is 0 Å². The molecule has 0 radical (unpaired) electrons. The summed E-state index contributed by atoms with van der Waals surface area (Å²) in [5, 5.41) is 8.81. The lowest BCUT2D eigenvalue weighted by Gasteiger charge is -2.21. The Kier molecular flexibility index (Phi) is 3.29. The Morgan fingerprint density at radius 3 is 3.06 bits per heavy atom. The van der Waals surface area contributed by atoms with Crippen molar-refractivity contribution < 1.29 is 14.3 Å². The number of aliphatic carboxylic acids is 1. The summed E-state index contributed by atoms with van der Waals surface area (Å²) in [5.41, 5.74) is 0. The Hall–Kier alpha value is -1.29. The molecule has 0 aliphatic carbocycles. The predicted octanol–water partition coefficient (Wildman–Crippen LogP) is 2.03. The first kappa shape index (κ1) is 11.2. The van der Waals surface area contributed by atoms with Crippen LogP contribution in [-0.4, -0.2) is 28.6 Å². The first-order valence-corrected chi connectivity index (χ1v) is 5.66. The molecule has 1 atom stereocenters. The Morgan fingerprint density at radius 2 is 2.44 bits per heavy atom. The zero-order valence-corrected chi connectivity index (χ0v) is 9.48. The highest BCUT2D eigenvalue weighted by molar-refractivity contribution is 5.67. The number of hydrogen-bond donors (Lipinski definition) is 1. The molecule has 2 rings (SSSR count). The fraction of sp³-hybridized carbons (Fsp3) is 0.583. The average Bonchev–Trinajstić information content (AvgIpc) is 2.77. The van der Waals surface area contributed by atoms with E-state index in [-0.39, 0.29) is 12.5 Å². The molecule has 1 aliphatic heterocycles. The number of carboxylic acids is 1. The summed E-state index contributed by atoms with van der Waals surface area (Å²) in [5.74, 6) is 1.12. The summed E-state index contributed by atoms with van der Waals surface area (Å²) >= 11 is 0. The van der Waals surface area contributed by atoms with Crippen molar-refractivity contribution in [2.75, 3.05) is 6.54 Å². The van der Waals surface area contributed by atoms with Gasteiger partial charge in [0.25, 0.3) is 0 Å². The van der Waals surface area contributed by atoms with Gasteiger partial charge in [-0.3, -0.25) is 9.69 Å². The van der Waals surface area contributed by atoms with Gasteiger partial charge in [-0.05, 0) is 38.4 Å². The van der Waals surface area contributed by atoms with Crippen LogP contribution in [0.5, 0.6) is 0 Å². The number of nitrogens with zero attached hydrogens (tertiary/aromatic N) is 1. The van der Waals surface area contributed by atoms with E-state index in [1.165, 1.54) is 0 Å². The topological polar surface area (TPSA) is 53.7 Å². The van der Waals surface area contributed by atoms with E-state index >= 15 is 0 Å². The van der Waals surface area contributed by atoms with Gasteiger partial charge in [0.2, 0.25) is 0 Å². The summed E-state index contributed by atoms with van der Waals surface area (Å²) in [4.78, 5) is 12.9. The number of hydrogen-bond acceptors (Lipinski definition) is 3. The molecule has 0 saturated carbocycles. The van der Waals surface area contributed by atoms with Gasteiger partial charge in [-0.1, -0.05) is 0 Å². The minimum absolute atomic E-state index is 0.169. The highest BCUT2D eigenvalue weighted by atomic mass is 16.4. The molecule has 0 spiro atoms. The van der Waals surface area contributed by atoms with Crippen LogP contribution in [0.3, 0.4) is 0 Å². The molecule has 1 aromatic heterocycles. The van der Waals surface area contributed by atoms with Crippen molar-refractivity contribution in [1.29, 1.82) is 0 Å². The fourth-order valence-corrected chi connectivity index (χ4v) is 2.31. The summed E-state index contributed by atoms with van der Waals surface area (Å²) < 4.78 is 5.51. The molecule has 1 fully saturated rings. The van der Waals surface area contributed by atoms with E-state index in [0.717, 1.165) is 37.5 Å². The third-order valence-electron chi connectivity index (χ3n) is 3.06.